The number of thiazole rings is 1. The largest absolute Gasteiger partial charge is 0.319 e. The van der Waals surface area contributed by atoms with Gasteiger partial charge in [-0.15, -0.1) is 0 Å². The first-order valence-electron chi connectivity index (χ1n) is 6.88. The van der Waals surface area contributed by atoms with Gasteiger partial charge in [-0.2, -0.15) is 4.99 Å². The molecule has 2 aromatic carbocycles. The van der Waals surface area contributed by atoms with Gasteiger partial charge >= 0.3 is 0 Å². The van der Waals surface area contributed by atoms with Crippen LogP contribution in [0.2, 0.25) is 5.02 Å². The highest BCUT2D eigenvalue weighted by atomic mass is 35.5. The van der Waals surface area contributed by atoms with Crippen LogP contribution in [0.4, 0.5) is 0 Å². The Morgan fingerprint density at radius 2 is 2.00 bits per heavy atom. The lowest BCUT2D eigenvalue weighted by atomic mass is 10.1. The maximum atomic E-state index is 12.3. The summed E-state index contributed by atoms with van der Waals surface area (Å²) in [4.78, 5) is 17.3. The van der Waals surface area contributed by atoms with Crippen molar-refractivity contribution in [1.82, 2.24) is 4.57 Å². The summed E-state index contributed by atoms with van der Waals surface area (Å²) in [5.74, 6) is -0.279. The first-order chi connectivity index (χ1) is 10.5. The highest BCUT2D eigenvalue weighted by Crippen LogP contribution is 2.23. The molecule has 5 heteroatoms. The van der Waals surface area contributed by atoms with Crippen LogP contribution in [-0.4, -0.2) is 10.5 Å². The van der Waals surface area contributed by atoms with Crippen LogP contribution in [0.25, 0.3) is 10.2 Å². The van der Waals surface area contributed by atoms with Gasteiger partial charge in [0.15, 0.2) is 4.80 Å². The fourth-order valence-corrected chi connectivity index (χ4v) is 3.68. The first-order valence-corrected chi connectivity index (χ1v) is 8.07. The van der Waals surface area contributed by atoms with Crippen LogP contribution in [0.3, 0.4) is 0 Å². The van der Waals surface area contributed by atoms with Gasteiger partial charge in [0, 0.05) is 17.6 Å². The Morgan fingerprint density at radius 1 is 1.23 bits per heavy atom. The second-order valence-corrected chi connectivity index (χ2v) is 6.67. The van der Waals surface area contributed by atoms with Crippen molar-refractivity contribution in [2.45, 2.75) is 13.8 Å². The Labute approximate surface area is 137 Å². The van der Waals surface area contributed by atoms with Gasteiger partial charge in [0.1, 0.15) is 0 Å². The van der Waals surface area contributed by atoms with E-state index in [9.17, 15) is 4.79 Å². The number of amides is 1. The number of benzene rings is 2. The third-order valence-corrected chi connectivity index (χ3v) is 5.09. The van der Waals surface area contributed by atoms with Crippen LogP contribution < -0.4 is 4.80 Å². The Hall–Kier alpha value is -1.91. The third kappa shape index (κ3) is 2.60. The summed E-state index contributed by atoms with van der Waals surface area (Å²) in [5.41, 5.74) is 4.07. The number of rotatable bonds is 1. The summed E-state index contributed by atoms with van der Waals surface area (Å²) in [5, 5.41) is 0.535. The molecule has 0 atom stereocenters. The van der Waals surface area contributed by atoms with Crippen LogP contribution >= 0.6 is 22.9 Å². The van der Waals surface area contributed by atoms with Crippen molar-refractivity contribution in [3.05, 3.63) is 62.9 Å². The normalized spacial score (nSPS) is 12.1. The molecular formula is C17H15ClN2OS. The highest BCUT2D eigenvalue weighted by molar-refractivity contribution is 7.16. The number of aromatic nitrogens is 1. The average molecular weight is 331 g/mol. The van der Waals surface area contributed by atoms with Crippen molar-refractivity contribution in [3.8, 4) is 0 Å². The molecule has 3 nitrogen and oxygen atoms in total. The van der Waals surface area contributed by atoms with E-state index in [0.29, 0.717) is 15.4 Å². The van der Waals surface area contributed by atoms with E-state index < -0.39 is 0 Å². The minimum absolute atomic E-state index is 0.279. The number of carbonyl (C=O) groups is 1. The number of hydrogen-bond donors (Lipinski definition) is 0. The van der Waals surface area contributed by atoms with Crippen LogP contribution in [0.1, 0.15) is 21.5 Å². The summed E-state index contributed by atoms with van der Waals surface area (Å²) in [6.07, 6.45) is 0. The molecule has 0 fully saturated rings. The molecule has 0 aliphatic carbocycles. The summed E-state index contributed by atoms with van der Waals surface area (Å²) >= 11 is 7.45. The molecule has 1 aromatic heterocycles. The third-order valence-electron chi connectivity index (χ3n) is 3.76. The number of halogens is 1. The molecule has 0 saturated heterocycles. The predicted octanol–water partition coefficient (Wildman–Crippen LogP) is 4.25. The quantitative estimate of drug-likeness (QED) is 0.656. The highest BCUT2D eigenvalue weighted by Gasteiger charge is 2.10. The van der Waals surface area contributed by atoms with E-state index in [1.807, 2.05) is 11.6 Å². The fourth-order valence-electron chi connectivity index (χ4n) is 2.41. The molecule has 0 aliphatic heterocycles. The van der Waals surface area contributed by atoms with Gasteiger partial charge in [-0.05, 0) is 49.2 Å². The number of hydrogen-bond acceptors (Lipinski definition) is 2. The smallest absolute Gasteiger partial charge is 0.279 e. The minimum atomic E-state index is -0.279. The van der Waals surface area contributed by atoms with E-state index >= 15 is 0 Å². The Morgan fingerprint density at radius 3 is 2.73 bits per heavy atom. The van der Waals surface area contributed by atoms with Gasteiger partial charge in [-0.1, -0.05) is 35.1 Å². The molecule has 1 heterocycles. The van der Waals surface area contributed by atoms with E-state index in [-0.39, 0.29) is 5.91 Å². The van der Waals surface area contributed by atoms with Gasteiger partial charge < -0.3 is 4.57 Å². The number of aryl methyl sites for hydroxylation is 3. The molecule has 22 heavy (non-hydrogen) atoms. The van der Waals surface area contributed by atoms with Crippen LogP contribution in [0, 0.1) is 13.8 Å². The number of fused-ring (bicyclic) bond motifs is 1. The summed E-state index contributed by atoms with van der Waals surface area (Å²) in [6.45, 7) is 4.17. The molecule has 0 bridgehead atoms. The van der Waals surface area contributed by atoms with Gasteiger partial charge in [0.2, 0.25) is 0 Å². The first kappa shape index (κ1) is 15.0. The lowest BCUT2D eigenvalue weighted by Crippen LogP contribution is -2.13. The van der Waals surface area contributed by atoms with Gasteiger partial charge in [0.05, 0.1) is 10.2 Å². The lowest BCUT2D eigenvalue weighted by Gasteiger charge is -2.03. The predicted molar refractivity (Wildman–Crippen MR) is 91.6 cm³/mol. The SMILES string of the molecule is Cc1ccc2sc(=NC(=O)c3cccc(Cl)c3)n(C)c2c1C. The van der Waals surface area contributed by atoms with Crippen LogP contribution in [0.15, 0.2) is 41.4 Å². The second kappa shape index (κ2) is 5.71. The zero-order chi connectivity index (χ0) is 15.9. The maximum absolute atomic E-state index is 12.3. The molecule has 0 unspecified atom stereocenters. The van der Waals surface area contributed by atoms with Gasteiger partial charge in [-0.25, -0.2) is 0 Å². The zero-order valence-corrected chi connectivity index (χ0v) is 14.1. The molecule has 1 amide bonds. The second-order valence-electron chi connectivity index (χ2n) is 5.23. The summed E-state index contributed by atoms with van der Waals surface area (Å²) in [6, 6.07) is 11.0. The van der Waals surface area contributed by atoms with Gasteiger partial charge in [0.25, 0.3) is 5.91 Å². The van der Waals surface area contributed by atoms with Crippen molar-refractivity contribution >= 4 is 39.1 Å². The molecule has 0 spiro atoms. The van der Waals surface area contributed by atoms with Crippen molar-refractivity contribution in [2.75, 3.05) is 0 Å². The summed E-state index contributed by atoms with van der Waals surface area (Å²) < 4.78 is 3.10. The zero-order valence-electron chi connectivity index (χ0n) is 12.6. The Bertz CT molecular complexity index is 953. The Balaban J connectivity index is 2.16. The van der Waals surface area contributed by atoms with Crippen LogP contribution in [-0.2, 0) is 7.05 Å². The fraction of sp³-hybridized carbons (Fsp3) is 0.176. The van der Waals surface area contributed by atoms with Crippen LogP contribution in [0.5, 0.6) is 0 Å². The minimum Gasteiger partial charge on any atom is -0.319 e. The topological polar surface area (TPSA) is 34.4 Å². The molecule has 0 aliphatic rings. The molecule has 0 radical (unpaired) electrons. The van der Waals surface area contributed by atoms with Crippen molar-refractivity contribution in [2.24, 2.45) is 12.0 Å². The van der Waals surface area contributed by atoms with Crippen molar-refractivity contribution in [3.63, 3.8) is 0 Å². The standard InChI is InChI=1S/C17H15ClN2OS/c1-10-7-8-14-15(11(10)2)20(3)17(22-14)19-16(21)12-5-4-6-13(18)9-12/h4-9H,1-3H3. The van der Waals surface area contributed by atoms with Gasteiger partial charge in [-0.3, -0.25) is 4.79 Å². The molecule has 112 valence electrons. The molecular weight excluding hydrogens is 316 g/mol. The monoisotopic (exact) mass is 330 g/mol. The van der Waals surface area contributed by atoms with Crippen molar-refractivity contribution < 1.29 is 4.79 Å². The average Bonchev–Trinajstić information content (AvgIpc) is 2.80. The Kier molecular flexibility index (Phi) is 3.89. The van der Waals surface area contributed by atoms with E-state index in [1.165, 1.54) is 22.5 Å². The summed E-state index contributed by atoms with van der Waals surface area (Å²) in [7, 11) is 1.94. The molecule has 3 aromatic rings. The number of carbonyl (C=O) groups excluding carboxylic acids is 1. The van der Waals surface area contributed by atoms with Crippen molar-refractivity contribution in [1.29, 1.82) is 0 Å². The van der Waals surface area contributed by atoms with E-state index in [4.69, 9.17) is 11.6 Å². The molecule has 0 N–H and O–H groups in total. The molecule has 0 saturated carbocycles. The van der Waals surface area contributed by atoms with E-state index in [1.54, 1.807) is 24.3 Å². The lowest BCUT2D eigenvalue weighted by molar-refractivity contribution is 0.0998. The molecule has 3 rings (SSSR count). The number of nitrogens with zero attached hydrogens (tertiary/aromatic N) is 2. The maximum Gasteiger partial charge on any atom is 0.279 e. The van der Waals surface area contributed by atoms with E-state index in [0.717, 1.165) is 10.2 Å². The van der Waals surface area contributed by atoms with E-state index in [2.05, 4.69) is 31.0 Å².